The topological polar surface area (TPSA) is 78.9 Å². The number of rotatable bonds is 7. The van der Waals surface area contributed by atoms with E-state index in [0.29, 0.717) is 13.0 Å². The summed E-state index contributed by atoms with van der Waals surface area (Å²) in [7, 11) is 3.51. The van der Waals surface area contributed by atoms with E-state index in [1.54, 1.807) is 0 Å². The summed E-state index contributed by atoms with van der Waals surface area (Å²) in [6.07, 6.45) is 0.460. The zero-order valence-corrected chi connectivity index (χ0v) is 13.0. The van der Waals surface area contributed by atoms with Gasteiger partial charge in [-0.2, -0.15) is 0 Å². The lowest BCUT2D eigenvalue weighted by Crippen LogP contribution is -2.10. The van der Waals surface area contributed by atoms with Crippen molar-refractivity contribution in [1.29, 1.82) is 0 Å². The predicted octanol–water partition coefficient (Wildman–Crippen LogP) is 1.96. The van der Waals surface area contributed by atoms with Crippen molar-refractivity contribution in [2.24, 2.45) is 0 Å². The first-order valence-corrected chi connectivity index (χ1v) is 8.10. The van der Waals surface area contributed by atoms with Crippen LogP contribution in [0, 0.1) is 5.82 Å². The summed E-state index contributed by atoms with van der Waals surface area (Å²) in [5.41, 5.74) is -0.273. The van der Waals surface area contributed by atoms with Crippen LogP contribution in [0.2, 0.25) is 0 Å². The van der Waals surface area contributed by atoms with Crippen molar-refractivity contribution in [3.63, 3.8) is 0 Å². The normalized spacial score (nSPS) is 11.2. The van der Waals surface area contributed by atoms with Gasteiger partial charge in [0.25, 0.3) is 9.05 Å². The summed E-state index contributed by atoms with van der Waals surface area (Å²) in [5.74, 6) is -2.45. The molecule has 0 N–H and O–H groups in total. The lowest BCUT2D eigenvalue weighted by atomic mass is 10.2. The van der Waals surface area contributed by atoms with Gasteiger partial charge in [-0.15, -0.1) is 0 Å². The molecular weight excluding hydrogens is 327 g/mol. The summed E-state index contributed by atoms with van der Waals surface area (Å²) >= 11 is 0. The van der Waals surface area contributed by atoms with Crippen molar-refractivity contribution in [2.75, 3.05) is 27.4 Å². The van der Waals surface area contributed by atoms with Crippen molar-refractivity contribution in [3.05, 3.63) is 23.5 Å². The number of carbonyl (C=O) groups excluding carboxylic acids is 1. The molecule has 0 unspecified atom stereocenters. The van der Waals surface area contributed by atoms with Gasteiger partial charge in [0.1, 0.15) is 4.90 Å². The molecule has 118 valence electrons. The minimum atomic E-state index is -4.27. The molecule has 0 saturated heterocycles. The molecule has 0 fully saturated rings. The molecule has 0 radical (unpaired) electrons. The molecule has 0 spiro atoms. The van der Waals surface area contributed by atoms with Gasteiger partial charge >= 0.3 is 5.97 Å². The van der Waals surface area contributed by atoms with E-state index in [0.717, 1.165) is 19.2 Å². The highest BCUT2D eigenvalue weighted by Gasteiger charge is 2.24. The van der Waals surface area contributed by atoms with Crippen LogP contribution in [0.3, 0.4) is 0 Å². The number of ether oxygens (including phenoxy) is 3. The van der Waals surface area contributed by atoms with Crippen molar-refractivity contribution in [1.82, 2.24) is 0 Å². The standard InChI is InChI=1S/C12H14ClFO6S/c1-18-4-3-5-20-12(15)8-6-9(14)11(19-2)10(7-8)21(13,16)17/h6-7H,3-5H2,1-2H3. The third-order valence-corrected chi connectivity index (χ3v) is 3.77. The second-order valence-electron chi connectivity index (χ2n) is 3.91. The molecule has 0 aliphatic carbocycles. The number of benzene rings is 1. The zero-order valence-electron chi connectivity index (χ0n) is 11.4. The summed E-state index contributed by atoms with van der Waals surface area (Å²) in [5, 5.41) is 0. The Bertz CT molecular complexity index is 616. The van der Waals surface area contributed by atoms with E-state index < -0.39 is 31.5 Å². The molecule has 0 aliphatic heterocycles. The number of hydrogen-bond acceptors (Lipinski definition) is 6. The summed E-state index contributed by atoms with van der Waals surface area (Å²) < 4.78 is 50.8. The quantitative estimate of drug-likeness (QED) is 0.429. The summed E-state index contributed by atoms with van der Waals surface area (Å²) in [4.78, 5) is 11.1. The average molecular weight is 341 g/mol. The van der Waals surface area contributed by atoms with Gasteiger partial charge in [-0.25, -0.2) is 17.6 Å². The van der Waals surface area contributed by atoms with Gasteiger partial charge in [0, 0.05) is 30.8 Å². The first-order valence-electron chi connectivity index (χ1n) is 5.79. The Morgan fingerprint density at radius 3 is 2.48 bits per heavy atom. The van der Waals surface area contributed by atoms with Gasteiger partial charge in [0.15, 0.2) is 11.6 Å². The Balaban J connectivity index is 3.04. The van der Waals surface area contributed by atoms with Crippen molar-refractivity contribution in [2.45, 2.75) is 11.3 Å². The summed E-state index contributed by atoms with van der Waals surface area (Å²) in [6.45, 7) is 0.453. The number of hydrogen-bond donors (Lipinski definition) is 0. The maximum atomic E-state index is 13.8. The molecule has 0 bridgehead atoms. The van der Waals surface area contributed by atoms with Crippen LogP contribution in [-0.2, 0) is 18.5 Å². The molecule has 0 heterocycles. The number of halogens is 2. The van der Waals surface area contributed by atoms with Crippen LogP contribution >= 0.6 is 10.7 Å². The fourth-order valence-corrected chi connectivity index (χ4v) is 2.53. The Hall–Kier alpha value is -1.38. The molecule has 6 nitrogen and oxygen atoms in total. The highest BCUT2D eigenvalue weighted by molar-refractivity contribution is 8.13. The van der Waals surface area contributed by atoms with Gasteiger partial charge in [-0.3, -0.25) is 0 Å². The molecule has 1 rings (SSSR count). The van der Waals surface area contributed by atoms with E-state index in [2.05, 4.69) is 4.74 Å². The minimum absolute atomic E-state index is 0.0588. The molecule has 0 aliphatic rings. The van der Waals surface area contributed by atoms with Crippen molar-refractivity contribution < 1.29 is 31.8 Å². The second-order valence-corrected chi connectivity index (χ2v) is 6.44. The van der Waals surface area contributed by atoms with Crippen LogP contribution in [0.4, 0.5) is 4.39 Å². The molecule has 9 heteroatoms. The SMILES string of the molecule is COCCCOC(=O)c1cc(F)c(OC)c(S(=O)(=O)Cl)c1. The first-order chi connectivity index (χ1) is 9.81. The molecule has 1 aromatic carbocycles. The maximum absolute atomic E-state index is 13.8. The molecule has 0 saturated carbocycles. The van der Waals surface area contributed by atoms with Gasteiger partial charge in [-0.05, 0) is 12.1 Å². The second kappa shape index (κ2) is 7.58. The van der Waals surface area contributed by atoms with Crippen LogP contribution in [0.1, 0.15) is 16.8 Å². The third kappa shape index (κ3) is 4.83. The number of carbonyl (C=O) groups is 1. The van der Waals surface area contributed by atoms with E-state index >= 15 is 0 Å². The Kier molecular flexibility index (Phi) is 6.38. The fraction of sp³-hybridized carbons (Fsp3) is 0.417. The van der Waals surface area contributed by atoms with Crippen molar-refractivity contribution >= 4 is 25.7 Å². The van der Waals surface area contributed by atoms with Gasteiger partial charge in [0.05, 0.1) is 19.3 Å². The fourth-order valence-electron chi connectivity index (χ4n) is 1.52. The zero-order chi connectivity index (χ0) is 16.0. The van der Waals surface area contributed by atoms with Gasteiger partial charge in [0.2, 0.25) is 0 Å². The number of esters is 1. The van der Waals surface area contributed by atoms with E-state index in [1.165, 1.54) is 7.11 Å². The lowest BCUT2D eigenvalue weighted by Gasteiger charge is -2.10. The van der Waals surface area contributed by atoms with Gasteiger partial charge in [-0.1, -0.05) is 0 Å². The van der Waals surface area contributed by atoms with Crippen LogP contribution in [0.5, 0.6) is 5.75 Å². The molecule has 0 amide bonds. The van der Waals surface area contributed by atoms with E-state index in [9.17, 15) is 17.6 Å². The van der Waals surface area contributed by atoms with Crippen LogP contribution in [0.15, 0.2) is 17.0 Å². The average Bonchev–Trinajstić information content (AvgIpc) is 2.41. The smallest absolute Gasteiger partial charge is 0.338 e. The molecule has 21 heavy (non-hydrogen) atoms. The van der Waals surface area contributed by atoms with Gasteiger partial charge < -0.3 is 14.2 Å². The minimum Gasteiger partial charge on any atom is -0.492 e. The Labute approximate surface area is 126 Å². The van der Waals surface area contributed by atoms with E-state index in [-0.39, 0.29) is 12.2 Å². The third-order valence-electron chi connectivity index (χ3n) is 2.44. The maximum Gasteiger partial charge on any atom is 0.338 e. The number of methoxy groups -OCH3 is 2. The molecule has 0 atom stereocenters. The Morgan fingerprint density at radius 1 is 1.29 bits per heavy atom. The predicted molar refractivity (Wildman–Crippen MR) is 72.8 cm³/mol. The molecule has 1 aromatic rings. The summed E-state index contributed by atoms with van der Waals surface area (Å²) in [6, 6.07) is 1.73. The molecular formula is C12H14ClFO6S. The largest absolute Gasteiger partial charge is 0.492 e. The lowest BCUT2D eigenvalue weighted by molar-refractivity contribution is 0.0467. The Morgan fingerprint density at radius 2 is 1.95 bits per heavy atom. The molecule has 0 aromatic heterocycles. The van der Waals surface area contributed by atoms with E-state index in [4.69, 9.17) is 20.2 Å². The van der Waals surface area contributed by atoms with Crippen LogP contribution in [0.25, 0.3) is 0 Å². The first kappa shape index (κ1) is 17.7. The highest BCUT2D eigenvalue weighted by atomic mass is 35.7. The monoisotopic (exact) mass is 340 g/mol. The van der Waals surface area contributed by atoms with Crippen molar-refractivity contribution in [3.8, 4) is 5.75 Å². The van der Waals surface area contributed by atoms with Crippen LogP contribution < -0.4 is 4.74 Å². The van der Waals surface area contributed by atoms with Crippen LogP contribution in [-0.4, -0.2) is 41.8 Å². The highest BCUT2D eigenvalue weighted by Crippen LogP contribution is 2.31. The van der Waals surface area contributed by atoms with E-state index in [1.807, 2.05) is 0 Å².